The molecule has 0 radical (unpaired) electrons. The summed E-state index contributed by atoms with van der Waals surface area (Å²) in [7, 11) is 0. The van der Waals surface area contributed by atoms with Crippen LogP contribution in [0.5, 0.6) is 0 Å². The largest absolute Gasteiger partial charge is 0.378 e. The van der Waals surface area contributed by atoms with Gasteiger partial charge in [0, 0.05) is 32.3 Å². The maximum atomic E-state index is 11.3. The van der Waals surface area contributed by atoms with Gasteiger partial charge in [0.25, 0.3) is 0 Å². The maximum Gasteiger partial charge on any atom is 0.236 e. The predicted octanol–water partition coefficient (Wildman–Crippen LogP) is -0.687. The molecular formula is C11H21N3O2. The van der Waals surface area contributed by atoms with Gasteiger partial charge in [0.05, 0.1) is 6.10 Å². The van der Waals surface area contributed by atoms with Crippen LogP contribution in [-0.4, -0.2) is 55.2 Å². The molecule has 1 atom stereocenters. The molecule has 3 N–H and O–H groups in total. The standard InChI is InChI=1S/C11H21N3O2/c1-2-16-9-5-8(6-9)14-4-3-13-7-10(14)11(12)15/h8-10,13H,2-7H2,1H3,(H2,12,15). The van der Waals surface area contributed by atoms with Crippen molar-refractivity contribution in [1.29, 1.82) is 0 Å². The molecule has 0 aromatic rings. The lowest BCUT2D eigenvalue weighted by atomic mass is 9.86. The minimum Gasteiger partial charge on any atom is -0.378 e. The van der Waals surface area contributed by atoms with E-state index in [-0.39, 0.29) is 11.9 Å². The Balaban J connectivity index is 1.86. The topological polar surface area (TPSA) is 67.6 Å². The Kier molecular flexibility index (Phi) is 3.78. The summed E-state index contributed by atoms with van der Waals surface area (Å²) in [6.07, 6.45) is 2.47. The number of primary amides is 1. The van der Waals surface area contributed by atoms with Crippen molar-refractivity contribution >= 4 is 5.91 Å². The van der Waals surface area contributed by atoms with E-state index in [4.69, 9.17) is 10.5 Å². The Labute approximate surface area is 96.3 Å². The van der Waals surface area contributed by atoms with Gasteiger partial charge >= 0.3 is 0 Å². The summed E-state index contributed by atoms with van der Waals surface area (Å²) in [4.78, 5) is 13.6. The molecule has 0 bridgehead atoms. The average Bonchev–Trinajstić information content (AvgIpc) is 2.23. The summed E-state index contributed by atoms with van der Waals surface area (Å²) in [5.74, 6) is -0.216. The summed E-state index contributed by atoms with van der Waals surface area (Å²) in [5, 5.41) is 3.21. The molecule has 2 rings (SSSR count). The number of carbonyl (C=O) groups excluding carboxylic acids is 1. The summed E-state index contributed by atoms with van der Waals surface area (Å²) >= 11 is 0. The molecule has 1 aliphatic heterocycles. The molecule has 1 amide bonds. The van der Waals surface area contributed by atoms with Crippen LogP contribution in [-0.2, 0) is 9.53 Å². The monoisotopic (exact) mass is 227 g/mol. The molecule has 16 heavy (non-hydrogen) atoms. The molecule has 5 heteroatoms. The fourth-order valence-corrected chi connectivity index (χ4v) is 2.60. The Morgan fingerprint density at radius 1 is 1.56 bits per heavy atom. The summed E-state index contributed by atoms with van der Waals surface area (Å²) in [6, 6.07) is 0.345. The van der Waals surface area contributed by atoms with Crippen LogP contribution in [0.3, 0.4) is 0 Å². The number of ether oxygens (including phenoxy) is 1. The number of nitrogens with zero attached hydrogens (tertiary/aromatic N) is 1. The van der Waals surface area contributed by atoms with Crippen LogP contribution in [0.4, 0.5) is 0 Å². The van der Waals surface area contributed by atoms with Gasteiger partial charge in [-0.1, -0.05) is 0 Å². The Hall–Kier alpha value is -0.650. The van der Waals surface area contributed by atoms with Crippen LogP contribution in [0, 0.1) is 0 Å². The van der Waals surface area contributed by atoms with Crippen molar-refractivity contribution in [2.24, 2.45) is 5.73 Å². The van der Waals surface area contributed by atoms with Gasteiger partial charge in [0.15, 0.2) is 0 Å². The van der Waals surface area contributed by atoms with Crippen LogP contribution >= 0.6 is 0 Å². The highest BCUT2D eigenvalue weighted by atomic mass is 16.5. The number of hydrogen-bond donors (Lipinski definition) is 2. The molecule has 5 nitrogen and oxygen atoms in total. The van der Waals surface area contributed by atoms with Crippen molar-refractivity contribution in [2.75, 3.05) is 26.2 Å². The van der Waals surface area contributed by atoms with Gasteiger partial charge in [-0.25, -0.2) is 0 Å². The summed E-state index contributed by atoms with van der Waals surface area (Å²) < 4.78 is 5.54. The van der Waals surface area contributed by atoms with Gasteiger partial charge in [-0.2, -0.15) is 0 Å². The van der Waals surface area contributed by atoms with E-state index >= 15 is 0 Å². The van der Waals surface area contributed by atoms with E-state index < -0.39 is 0 Å². The van der Waals surface area contributed by atoms with E-state index in [0.29, 0.717) is 18.7 Å². The highest BCUT2D eigenvalue weighted by molar-refractivity contribution is 5.80. The average molecular weight is 227 g/mol. The predicted molar refractivity (Wildman–Crippen MR) is 61.0 cm³/mol. The van der Waals surface area contributed by atoms with Gasteiger partial charge in [0.2, 0.25) is 5.91 Å². The molecule has 0 spiro atoms. The lowest BCUT2D eigenvalue weighted by Gasteiger charge is -2.47. The third kappa shape index (κ3) is 2.36. The number of rotatable bonds is 4. The van der Waals surface area contributed by atoms with E-state index in [1.54, 1.807) is 0 Å². The molecule has 0 aromatic carbocycles. The van der Waals surface area contributed by atoms with Gasteiger partial charge in [-0.15, -0.1) is 0 Å². The van der Waals surface area contributed by atoms with Gasteiger partial charge < -0.3 is 15.8 Å². The van der Waals surface area contributed by atoms with E-state index in [0.717, 1.165) is 32.5 Å². The van der Waals surface area contributed by atoms with E-state index in [1.807, 2.05) is 6.92 Å². The number of amides is 1. The van der Waals surface area contributed by atoms with Crippen molar-refractivity contribution in [3.8, 4) is 0 Å². The highest BCUT2D eigenvalue weighted by Gasteiger charge is 2.39. The summed E-state index contributed by atoms with van der Waals surface area (Å²) in [5.41, 5.74) is 5.42. The van der Waals surface area contributed by atoms with Crippen LogP contribution in [0.25, 0.3) is 0 Å². The third-order valence-electron chi connectivity index (χ3n) is 3.55. The number of nitrogens with two attached hydrogens (primary N) is 1. The third-order valence-corrected chi connectivity index (χ3v) is 3.55. The van der Waals surface area contributed by atoms with Crippen molar-refractivity contribution in [3.05, 3.63) is 0 Å². The number of hydrogen-bond acceptors (Lipinski definition) is 4. The van der Waals surface area contributed by atoms with Crippen LogP contribution in [0.2, 0.25) is 0 Å². The molecule has 0 aromatic heterocycles. The van der Waals surface area contributed by atoms with Crippen molar-refractivity contribution in [2.45, 2.75) is 38.0 Å². The minimum atomic E-state index is -0.216. The van der Waals surface area contributed by atoms with E-state index in [9.17, 15) is 4.79 Å². The Morgan fingerprint density at radius 3 is 2.94 bits per heavy atom. The minimum absolute atomic E-state index is 0.138. The maximum absolute atomic E-state index is 11.3. The first kappa shape index (κ1) is 11.8. The number of carbonyl (C=O) groups is 1. The lowest BCUT2D eigenvalue weighted by molar-refractivity contribution is -0.128. The molecule has 92 valence electrons. The van der Waals surface area contributed by atoms with E-state index in [2.05, 4.69) is 10.2 Å². The van der Waals surface area contributed by atoms with Crippen molar-refractivity contribution < 1.29 is 9.53 Å². The summed E-state index contributed by atoms with van der Waals surface area (Å²) in [6.45, 7) is 5.34. The quantitative estimate of drug-likeness (QED) is 0.667. The number of piperazine rings is 1. The molecule has 1 saturated carbocycles. The first-order valence-corrected chi connectivity index (χ1v) is 6.09. The van der Waals surface area contributed by atoms with Gasteiger partial charge in [-0.3, -0.25) is 9.69 Å². The second-order valence-electron chi connectivity index (χ2n) is 4.56. The Bertz CT molecular complexity index is 254. The number of nitrogens with one attached hydrogen (secondary N) is 1. The van der Waals surface area contributed by atoms with Crippen LogP contribution in [0.15, 0.2) is 0 Å². The fourth-order valence-electron chi connectivity index (χ4n) is 2.60. The lowest BCUT2D eigenvalue weighted by Crippen LogP contribution is -2.63. The zero-order chi connectivity index (χ0) is 11.5. The van der Waals surface area contributed by atoms with Crippen molar-refractivity contribution in [1.82, 2.24) is 10.2 Å². The normalized spacial score (nSPS) is 35.7. The van der Waals surface area contributed by atoms with Gasteiger partial charge in [-0.05, 0) is 19.8 Å². The Morgan fingerprint density at radius 2 is 2.31 bits per heavy atom. The molecule has 1 unspecified atom stereocenters. The first-order chi connectivity index (χ1) is 7.72. The SMILES string of the molecule is CCOC1CC(N2CCNCC2C(N)=O)C1. The van der Waals surface area contributed by atoms with E-state index in [1.165, 1.54) is 0 Å². The molecule has 1 heterocycles. The molecule has 2 aliphatic rings. The molecule has 2 fully saturated rings. The second-order valence-corrected chi connectivity index (χ2v) is 4.56. The zero-order valence-corrected chi connectivity index (χ0v) is 9.82. The van der Waals surface area contributed by atoms with Crippen LogP contribution < -0.4 is 11.1 Å². The highest BCUT2D eigenvalue weighted by Crippen LogP contribution is 2.30. The second kappa shape index (κ2) is 5.12. The first-order valence-electron chi connectivity index (χ1n) is 6.09. The smallest absolute Gasteiger partial charge is 0.236 e. The fraction of sp³-hybridized carbons (Fsp3) is 0.909. The van der Waals surface area contributed by atoms with Crippen LogP contribution in [0.1, 0.15) is 19.8 Å². The molecule has 1 saturated heterocycles. The molecule has 1 aliphatic carbocycles. The van der Waals surface area contributed by atoms with Crippen molar-refractivity contribution in [3.63, 3.8) is 0 Å². The zero-order valence-electron chi connectivity index (χ0n) is 9.82. The van der Waals surface area contributed by atoms with Gasteiger partial charge in [0.1, 0.15) is 6.04 Å². The molecular weight excluding hydrogens is 206 g/mol.